The third-order valence-corrected chi connectivity index (χ3v) is 4.11. The molecular formula is C15H22BNO4. The summed E-state index contributed by atoms with van der Waals surface area (Å²) in [6, 6.07) is 1.75. The molecule has 6 heteroatoms. The molecule has 21 heavy (non-hydrogen) atoms. The minimum Gasteiger partial charge on any atom is -0.461 e. The zero-order chi connectivity index (χ0) is 15.7. The first-order valence-corrected chi connectivity index (χ1v) is 7.04. The predicted octanol–water partition coefficient (Wildman–Crippen LogP) is 2.33. The highest BCUT2D eigenvalue weighted by molar-refractivity contribution is 6.56. The SMILES string of the molecule is CNCC(=Cc1ccoc1C=O)B1OC(C)(C)C(C)(C)O1. The Labute approximate surface area is 125 Å². The molecule has 0 radical (unpaired) electrons. The summed E-state index contributed by atoms with van der Waals surface area (Å²) in [5.74, 6) is 0.306. The molecule has 0 bridgehead atoms. The van der Waals surface area contributed by atoms with Crippen LogP contribution in [0.4, 0.5) is 0 Å². The van der Waals surface area contributed by atoms with Crippen molar-refractivity contribution in [1.82, 2.24) is 5.32 Å². The highest BCUT2D eigenvalue weighted by Gasteiger charge is 2.52. The lowest BCUT2D eigenvalue weighted by Crippen LogP contribution is -2.41. The Kier molecular flexibility index (Phi) is 4.42. The van der Waals surface area contributed by atoms with Crippen LogP contribution in [0.2, 0.25) is 0 Å². The van der Waals surface area contributed by atoms with Crippen molar-refractivity contribution in [2.45, 2.75) is 38.9 Å². The van der Waals surface area contributed by atoms with E-state index < -0.39 is 18.3 Å². The molecule has 1 saturated heterocycles. The summed E-state index contributed by atoms with van der Waals surface area (Å²) < 4.78 is 17.2. The van der Waals surface area contributed by atoms with Crippen molar-refractivity contribution in [2.75, 3.05) is 13.6 Å². The van der Waals surface area contributed by atoms with E-state index in [4.69, 9.17) is 13.7 Å². The van der Waals surface area contributed by atoms with Gasteiger partial charge in [-0.05, 0) is 46.3 Å². The average molecular weight is 291 g/mol. The first-order chi connectivity index (χ1) is 9.80. The smallest absolute Gasteiger partial charge is 0.461 e. The molecule has 114 valence electrons. The Morgan fingerprint density at radius 1 is 1.29 bits per heavy atom. The minimum atomic E-state index is -0.447. The van der Waals surface area contributed by atoms with Crippen LogP contribution in [-0.4, -0.2) is 38.2 Å². The summed E-state index contributed by atoms with van der Waals surface area (Å²) in [5.41, 5.74) is 0.855. The van der Waals surface area contributed by atoms with Crippen LogP contribution < -0.4 is 5.32 Å². The van der Waals surface area contributed by atoms with Gasteiger partial charge in [0.2, 0.25) is 0 Å². The highest BCUT2D eigenvalue weighted by atomic mass is 16.7. The second kappa shape index (κ2) is 5.79. The van der Waals surface area contributed by atoms with Crippen molar-refractivity contribution in [3.8, 4) is 0 Å². The van der Waals surface area contributed by atoms with Crippen LogP contribution in [0.5, 0.6) is 0 Å². The number of furan rings is 1. The van der Waals surface area contributed by atoms with Gasteiger partial charge in [-0.3, -0.25) is 4.79 Å². The minimum absolute atomic E-state index is 0.306. The average Bonchev–Trinajstić information content (AvgIpc) is 2.91. The molecule has 0 saturated carbocycles. The van der Waals surface area contributed by atoms with E-state index in [1.165, 1.54) is 6.26 Å². The van der Waals surface area contributed by atoms with E-state index in [1.54, 1.807) is 6.07 Å². The fraction of sp³-hybridized carbons (Fsp3) is 0.533. The molecule has 0 aromatic carbocycles. The molecule has 1 aromatic rings. The first-order valence-electron chi connectivity index (χ1n) is 7.04. The molecule has 1 N–H and O–H groups in total. The Morgan fingerprint density at radius 2 is 1.90 bits per heavy atom. The Balaban J connectivity index is 2.31. The molecule has 2 heterocycles. The maximum absolute atomic E-state index is 11.0. The van der Waals surface area contributed by atoms with Crippen LogP contribution in [0.3, 0.4) is 0 Å². The summed E-state index contributed by atoms with van der Waals surface area (Å²) in [4.78, 5) is 11.0. The van der Waals surface area contributed by atoms with Crippen molar-refractivity contribution in [3.05, 3.63) is 29.1 Å². The summed E-state index contributed by atoms with van der Waals surface area (Å²) in [5, 5.41) is 3.10. The van der Waals surface area contributed by atoms with E-state index in [-0.39, 0.29) is 0 Å². The number of likely N-dealkylation sites (N-methyl/N-ethyl adjacent to an activating group) is 1. The largest absolute Gasteiger partial charge is 0.491 e. The third-order valence-electron chi connectivity index (χ3n) is 4.11. The molecule has 2 rings (SSSR count). The molecule has 0 amide bonds. The molecular weight excluding hydrogens is 269 g/mol. The lowest BCUT2D eigenvalue weighted by Gasteiger charge is -2.32. The van der Waals surface area contributed by atoms with Crippen LogP contribution in [-0.2, 0) is 9.31 Å². The van der Waals surface area contributed by atoms with Gasteiger partial charge >= 0.3 is 7.12 Å². The summed E-state index contributed by atoms with van der Waals surface area (Å²) >= 11 is 0. The fourth-order valence-electron chi connectivity index (χ4n) is 2.15. The van der Waals surface area contributed by atoms with E-state index in [0.29, 0.717) is 18.6 Å². The van der Waals surface area contributed by atoms with Gasteiger partial charge < -0.3 is 19.0 Å². The van der Waals surface area contributed by atoms with Crippen molar-refractivity contribution < 1.29 is 18.5 Å². The Hall–Kier alpha value is -1.37. The molecule has 1 aliphatic heterocycles. The van der Waals surface area contributed by atoms with Gasteiger partial charge in [0.25, 0.3) is 0 Å². The van der Waals surface area contributed by atoms with Gasteiger partial charge in [-0.15, -0.1) is 0 Å². The van der Waals surface area contributed by atoms with E-state index in [9.17, 15) is 4.79 Å². The standard InChI is InChI=1S/C15H22BNO4/c1-14(2)15(3,4)21-16(20-14)12(9-17-5)8-11-6-7-19-13(11)10-18/h6-8,10,17H,9H2,1-5H3. The van der Waals surface area contributed by atoms with E-state index in [2.05, 4.69) is 5.32 Å². The second-order valence-electron chi connectivity index (χ2n) is 6.20. The third kappa shape index (κ3) is 3.12. The van der Waals surface area contributed by atoms with Gasteiger partial charge in [-0.2, -0.15) is 0 Å². The van der Waals surface area contributed by atoms with Crippen LogP contribution in [0, 0.1) is 0 Å². The molecule has 1 aromatic heterocycles. The molecule has 1 aliphatic rings. The van der Waals surface area contributed by atoms with Crippen LogP contribution in [0.1, 0.15) is 43.8 Å². The van der Waals surface area contributed by atoms with Gasteiger partial charge in [0, 0.05) is 12.1 Å². The topological polar surface area (TPSA) is 60.7 Å². The van der Waals surface area contributed by atoms with Gasteiger partial charge in [0.15, 0.2) is 12.0 Å². The van der Waals surface area contributed by atoms with E-state index >= 15 is 0 Å². The molecule has 0 unspecified atom stereocenters. The Bertz CT molecular complexity index is 532. The number of hydrogen-bond acceptors (Lipinski definition) is 5. The first kappa shape index (κ1) is 16.0. The number of carbonyl (C=O) groups is 1. The molecule has 1 fully saturated rings. The normalized spacial score (nSPS) is 20.8. The zero-order valence-electron chi connectivity index (χ0n) is 13.2. The summed E-state index contributed by atoms with van der Waals surface area (Å²) in [6.07, 6.45) is 4.08. The number of hydrogen-bond donors (Lipinski definition) is 1. The van der Waals surface area contributed by atoms with Crippen LogP contribution >= 0.6 is 0 Å². The molecule has 0 aliphatic carbocycles. The number of carbonyl (C=O) groups excluding carboxylic acids is 1. The van der Waals surface area contributed by atoms with Crippen LogP contribution in [0.25, 0.3) is 6.08 Å². The lowest BCUT2D eigenvalue weighted by atomic mass is 9.77. The van der Waals surface area contributed by atoms with Gasteiger partial charge in [0.1, 0.15) is 0 Å². The van der Waals surface area contributed by atoms with Gasteiger partial charge in [-0.1, -0.05) is 6.08 Å². The number of nitrogens with one attached hydrogen (secondary N) is 1. The quantitative estimate of drug-likeness (QED) is 0.666. The Morgan fingerprint density at radius 3 is 2.43 bits per heavy atom. The lowest BCUT2D eigenvalue weighted by molar-refractivity contribution is 0.00578. The monoisotopic (exact) mass is 291 g/mol. The predicted molar refractivity (Wildman–Crippen MR) is 82.1 cm³/mol. The molecule has 0 spiro atoms. The van der Waals surface area contributed by atoms with Crippen molar-refractivity contribution in [1.29, 1.82) is 0 Å². The van der Waals surface area contributed by atoms with E-state index in [0.717, 1.165) is 11.0 Å². The van der Waals surface area contributed by atoms with E-state index in [1.807, 2.05) is 40.8 Å². The van der Waals surface area contributed by atoms with Crippen molar-refractivity contribution >= 4 is 19.5 Å². The maximum atomic E-state index is 11.0. The summed E-state index contributed by atoms with van der Waals surface area (Å²) in [7, 11) is 1.41. The zero-order valence-corrected chi connectivity index (χ0v) is 13.2. The maximum Gasteiger partial charge on any atom is 0.491 e. The molecule has 5 nitrogen and oxygen atoms in total. The second-order valence-corrected chi connectivity index (χ2v) is 6.20. The summed E-state index contributed by atoms with van der Waals surface area (Å²) in [6.45, 7) is 8.65. The molecule has 0 atom stereocenters. The van der Waals surface area contributed by atoms with Crippen molar-refractivity contribution in [2.24, 2.45) is 0 Å². The van der Waals surface area contributed by atoms with Crippen LogP contribution in [0.15, 0.2) is 22.2 Å². The number of rotatable bonds is 5. The van der Waals surface area contributed by atoms with Gasteiger partial charge in [0.05, 0.1) is 17.5 Å². The fourth-order valence-corrected chi connectivity index (χ4v) is 2.15. The number of aldehydes is 1. The highest BCUT2D eigenvalue weighted by Crippen LogP contribution is 2.38. The van der Waals surface area contributed by atoms with Gasteiger partial charge in [-0.25, -0.2) is 0 Å². The van der Waals surface area contributed by atoms with Crippen molar-refractivity contribution in [3.63, 3.8) is 0 Å².